The van der Waals surface area contributed by atoms with Gasteiger partial charge >= 0.3 is 18.4 Å². The third-order valence-electron chi connectivity index (χ3n) is 7.04. The molecule has 15 heteroatoms. The lowest BCUT2D eigenvalue weighted by Gasteiger charge is -2.40. The maximum Gasteiger partial charge on any atom is 0.416 e. The van der Waals surface area contributed by atoms with Gasteiger partial charge in [0, 0.05) is 6.42 Å². The van der Waals surface area contributed by atoms with Crippen LogP contribution < -0.4 is 13.9 Å². The zero-order valence-corrected chi connectivity index (χ0v) is 21.9. The predicted molar refractivity (Wildman–Crippen MR) is 129 cm³/mol. The summed E-state index contributed by atoms with van der Waals surface area (Å²) in [4.78, 5) is 11.2. The number of sulfonamides is 1. The van der Waals surface area contributed by atoms with Gasteiger partial charge in [0.15, 0.2) is 0 Å². The van der Waals surface area contributed by atoms with Gasteiger partial charge in [0.25, 0.3) is 10.0 Å². The highest BCUT2D eigenvalue weighted by Gasteiger charge is 2.54. The Hall–Kier alpha value is -3.67. The average molecular weight is 592 g/mol. The van der Waals surface area contributed by atoms with E-state index >= 15 is 0 Å². The largest absolute Gasteiger partial charge is 0.486 e. The summed E-state index contributed by atoms with van der Waals surface area (Å²) in [5.74, 6) is -0.153. The van der Waals surface area contributed by atoms with E-state index in [0.717, 1.165) is 30.3 Å². The lowest BCUT2D eigenvalue weighted by Crippen LogP contribution is -2.57. The molecule has 2 aromatic rings. The number of ether oxygens (including phenoxy) is 1. The maximum atomic E-state index is 13.8. The monoisotopic (exact) mass is 591 g/mol. The van der Waals surface area contributed by atoms with Crippen molar-refractivity contribution in [2.24, 2.45) is 5.41 Å². The summed E-state index contributed by atoms with van der Waals surface area (Å²) in [6.07, 6.45) is -11.6. The van der Waals surface area contributed by atoms with Gasteiger partial charge in [-0.3, -0.25) is 9.21 Å². The van der Waals surface area contributed by atoms with Crippen molar-refractivity contribution >= 4 is 27.5 Å². The van der Waals surface area contributed by atoms with Gasteiger partial charge in [0.05, 0.1) is 39.9 Å². The van der Waals surface area contributed by atoms with Crippen LogP contribution >= 0.6 is 0 Å². The van der Waals surface area contributed by atoms with Gasteiger partial charge in [0.2, 0.25) is 0 Å². The molecule has 40 heavy (non-hydrogen) atoms. The van der Waals surface area contributed by atoms with Crippen LogP contribution in [0, 0.1) is 16.7 Å². The minimum absolute atomic E-state index is 0.0172. The highest BCUT2D eigenvalue weighted by molar-refractivity contribution is 7.92. The first-order valence-corrected chi connectivity index (χ1v) is 13.3. The maximum absolute atomic E-state index is 13.8. The summed E-state index contributed by atoms with van der Waals surface area (Å²) in [7, 11) is -4.78. The van der Waals surface area contributed by atoms with E-state index in [4.69, 9.17) is 4.74 Å². The fourth-order valence-corrected chi connectivity index (χ4v) is 6.03. The molecule has 0 saturated heterocycles. The smallest absolute Gasteiger partial charge is 0.416 e. The van der Waals surface area contributed by atoms with Crippen LogP contribution in [0.5, 0.6) is 5.75 Å². The number of nitrogens with zero attached hydrogens (tertiary/aromatic N) is 3. The van der Waals surface area contributed by atoms with Crippen LogP contribution in [0.25, 0.3) is 0 Å². The summed E-state index contributed by atoms with van der Waals surface area (Å²) < 4.78 is 115. The minimum atomic E-state index is -5.03. The third kappa shape index (κ3) is 5.24. The second kappa shape index (κ2) is 9.46. The molecule has 0 bridgehead atoms. The van der Waals surface area contributed by atoms with Crippen LogP contribution in [0.2, 0.25) is 0 Å². The standard InChI is InChI=1S/C25H23F6N3O5S/c1-22(2,25(29,30)31)34(21(35)36)16-6-7-20-19(11-16)33(13-17(39-20)12-23(14-32)8-9-23)40(37,38)18-5-3-4-15(10-18)24(26,27)28/h3-7,10-11,17H,8-9,12-13H2,1-2H3,(H,35,36)/t17-/m1/s1. The molecule has 4 rings (SSSR count). The highest BCUT2D eigenvalue weighted by atomic mass is 32.2. The number of anilines is 2. The van der Waals surface area contributed by atoms with E-state index in [0.29, 0.717) is 43.1 Å². The highest BCUT2D eigenvalue weighted by Crippen LogP contribution is 2.51. The number of halogens is 6. The van der Waals surface area contributed by atoms with Crippen LogP contribution in [0.15, 0.2) is 47.4 Å². The van der Waals surface area contributed by atoms with Crippen LogP contribution in [0.1, 0.15) is 38.7 Å². The van der Waals surface area contributed by atoms with Crippen molar-refractivity contribution in [2.75, 3.05) is 15.7 Å². The first-order valence-electron chi connectivity index (χ1n) is 11.8. The van der Waals surface area contributed by atoms with Crippen LogP contribution in [0.3, 0.4) is 0 Å². The Bertz CT molecular complexity index is 1480. The van der Waals surface area contributed by atoms with E-state index in [2.05, 4.69) is 6.07 Å². The molecule has 8 nitrogen and oxygen atoms in total. The molecule has 0 radical (unpaired) electrons. The topological polar surface area (TPSA) is 111 Å². The van der Waals surface area contributed by atoms with Crippen molar-refractivity contribution in [3.63, 3.8) is 0 Å². The van der Waals surface area contributed by atoms with E-state index in [1.807, 2.05) is 0 Å². The number of amides is 1. The fourth-order valence-electron chi connectivity index (χ4n) is 4.48. The average Bonchev–Trinajstić information content (AvgIpc) is 3.62. The number of carbonyl (C=O) groups is 1. The Morgan fingerprint density at radius 3 is 2.33 bits per heavy atom. The van der Waals surface area contributed by atoms with Crippen molar-refractivity contribution in [3.05, 3.63) is 48.0 Å². The second-order valence-electron chi connectivity index (χ2n) is 10.2. The molecule has 1 N–H and O–H groups in total. The molecular formula is C25H23F6N3O5S. The van der Waals surface area contributed by atoms with Gasteiger partial charge in [-0.2, -0.15) is 31.6 Å². The predicted octanol–water partition coefficient (Wildman–Crippen LogP) is 6.18. The first-order chi connectivity index (χ1) is 18.3. The summed E-state index contributed by atoms with van der Waals surface area (Å²) >= 11 is 0. The Morgan fingerprint density at radius 2 is 1.80 bits per heavy atom. The molecule has 1 fully saturated rings. The van der Waals surface area contributed by atoms with Crippen molar-refractivity contribution in [2.45, 2.75) is 62.0 Å². The van der Waals surface area contributed by atoms with E-state index in [1.54, 1.807) is 0 Å². The van der Waals surface area contributed by atoms with Gasteiger partial charge in [-0.15, -0.1) is 0 Å². The Kier molecular flexibility index (Phi) is 6.94. The molecule has 2 aliphatic rings. The number of alkyl halides is 6. The summed E-state index contributed by atoms with van der Waals surface area (Å²) in [6.45, 7) is 0.774. The van der Waals surface area contributed by atoms with Crippen molar-refractivity contribution in [1.29, 1.82) is 5.26 Å². The molecule has 216 valence electrons. The van der Waals surface area contributed by atoms with Crippen molar-refractivity contribution < 1.29 is 49.4 Å². The van der Waals surface area contributed by atoms with Gasteiger partial charge in [-0.1, -0.05) is 6.07 Å². The van der Waals surface area contributed by atoms with Gasteiger partial charge in [0.1, 0.15) is 17.4 Å². The summed E-state index contributed by atoms with van der Waals surface area (Å²) in [5, 5.41) is 19.2. The number of rotatable bonds is 6. The molecule has 1 atom stereocenters. The van der Waals surface area contributed by atoms with E-state index < -0.39 is 68.2 Å². The number of hydrogen-bond donors (Lipinski definition) is 1. The number of nitriles is 1. The number of carboxylic acid groups (broad SMARTS) is 1. The zero-order chi connectivity index (χ0) is 29.9. The van der Waals surface area contributed by atoms with Crippen molar-refractivity contribution in [1.82, 2.24) is 0 Å². The number of benzene rings is 2. The fraction of sp³-hybridized carbons (Fsp3) is 0.440. The molecule has 1 saturated carbocycles. The summed E-state index contributed by atoms with van der Waals surface area (Å²) in [5.41, 5.74) is -5.85. The lowest BCUT2D eigenvalue weighted by atomic mass is 9.99. The normalized spacial score (nSPS) is 18.8. The van der Waals surface area contributed by atoms with Gasteiger partial charge in [-0.25, -0.2) is 13.2 Å². The summed E-state index contributed by atoms with van der Waals surface area (Å²) in [6, 6.07) is 8.07. The quantitative estimate of drug-likeness (QED) is 0.402. The van der Waals surface area contributed by atoms with Crippen molar-refractivity contribution in [3.8, 4) is 11.8 Å². The minimum Gasteiger partial charge on any atom is -0.486 e. The van der Waals surface area contributed by atoms with Crippen LogP contribution in [-0.4, -0.2) is 44.0 Å². The molecule has 1 aliphatic carbocycles. The number of hydrogen-bond acceptors (Lipinski definition) is 5. The first kappa shape index (κ1) is 29.3. The van der Waals surface area contributed by atoms with Gasteiger partial charge in [-0.05, 0) is 63.1 Å². The molecule has 0 aromatic heterocycles. The third-order valence-corrected chi connectivity index (χ3v) is 8.81. The Morgan fingerprint density at radius 1 is 1.15 bits per heavy atom. The lowest BCUT2D eigenvalue weighted by molar-refractivity contribution is -0.175. The van der Waals surface area contributed by atoms with Crippen LogP contribution in [-0.2, 0) is 16.2 Å². The zero-order valence-electron chi connectivity index (χ0n) is 21.0. The molecule has 0 unspecified atom stereocenters. The van der Waals surface area contributed by atoms with Gasteiger partial charge < -0.3 is 9.84 Å². The number of fused-ring (bicyclic) bond motifs is 1. The second-order valence-corrected chi connectivity index (χ2v) is 12.1. The molecule has 1 heterocycles. The SMILES string of the molecule is CC(C)(N(C(=O)O)c1ccc2c(c1)N(S(=O)(=O)c1cccc(C(F)(F)F)c1)C[C@@H](CC1(C#N)CC1)O2)C(F)(F)F. The Balaban J connectivity index is 1.86. The molecule has 0 spiro atoms. The van der Waals surface area contributed by atoms with E-state index in [1.165, 1.54) is 0 Å². The Labute approximate surface area is 225 Å². The van der Waals surface area contributed by atoms with E-state index in [9.17, 15) is 49.9 Å². The molecule has 2 aromatic carbocycles. The molecular weight excluding hydrogens is 568 g/mol. The van der Waals surface area contributed by atoms with Crippen LogP contribution in [0.4, 0.5) is 42.5 Å². The molecule has 1 amide bonds. The van der Waals surface area contributed by atoms with E-state index in [-0.39, 0.29) is 22.8 Å². The molecule has 1 aliphatic heterocycles.